The van der Waals surface area contributed by atoms with Crippen LogP contribution >= 0.6 is 0 Å². The van der Waals surface area contributed by atoms with E-state index in [1.165, 1.54) is 0 Å². The average molecular weight is 375 g/mol. The molecule has 3 aromatic rings. The predicted molar refractivity (Wildman–Crippen MR) is 106 cm³/mol. The largest absolute Gasteiger partial charge is 0.454 e. The Balaban J connectivity index is 1.34. The normalized spacial score (nSPS) is 11.6. The van der Waals surface area contributed by atoms with Crippen LogP contribution in [0.4, 0.5) is 22.7 Å². The molecule has 0 bridgehead atoms. The third-order valence-electron chi connectivity index (χ3n) is 4.04. The monoisotopic (exact) mass is 375 g/mol. The van der Waals surface area contributed by atoms with E-state index in [1.54, 1.807) is 30.3 Å². The molecular weight excluding hydrogens is 358 g/mol. The number of rotatable bonds is 4. The Morgan fingerprint density at radius 1 is 0.643 bits per heavy atom. The molecule has 0 unspecified atom stereocenters. The van der Waals surface area contributed by atoms with E-state index in [0.29, 0.717) is 22.9 Å². The summed E-state index contributed by atoms with van der Waals surface area (Å²) in [4.78, 5) is 24.2. The average Bonchev–Trinajstić information content (AvgIpc) is 3.18. The van der Waals surface area contributed by atoms with Gasteiger partial charge in [0, 0.05) is 28.8 Å². The lowest BCUT2D eigenvalue weighted by Gasteiger charge is -2.09. The summed E-state index contributed by atoms with van der Waals surface area (Å²) in [6.07, 6.45) is 0. The molecule has 1 aliphatic heterocycles. The van der Waals surface area contributed by atoms with E-state index in [0.717, 1.165) is 11.4 Å². The number of nitrogens with one attached hydrogen (secondary N) is 3. The van der Waals surface area contributed by atoms with Gasteiger partial charge in [-0.1, -0.05) is 18.2 Å². The van der Waals surface area contributed by atoms with E-state index in [2.05, 4.69) is 16.0 Å². The summed E-state index contributed by atoms with van der Waals surface area (Å²) in [5.41, 5.74) is 2.80. The molecule has 1 heterocycles. The molecule has 4 rings (SSSR count). The first-order chi connectivity index (χ1) is 13.7. The second-order valence-corrected chi connectivity index (χ2v) is 6.04. The van der Waals surface area contributed by atoms with Gasteiger partial charge in [0.2, 0.25) is 6.79 Å². The van der Waals surface area contributed by atoms with E-state index < -0.39 is 11.8 Å². The van der Waals surface area contributed by atoms with Gasteiger partial charge in [0.15, 0.2) is 11.5 Å². The Kier molecular flexibility index (Phi) is 4.79. The fourth-order valence-electron chi connectivity index (χ4n) is 2.68. The van der Waals surface area contributed by atoms with Crippen LogP contribution in [0.25, 0.3) is 0 Å². The number of benzene rings is 3. The van der Waals surface area contributed by atoms with Gasteiger partial charge in [-0.2, -0.15) is 0 Å². The number of carbonyl (C=O) groups is 2. The Morgan fingerprint density at radius 2 is 1.21 bits per heavy atom. The molecule has 0 aliphatic carbocycles. The Bertz CT molecular complexity index is 1000. The predicted octanol–water partition coefficient (Wildman–Crippen LogP) is 3.74. The molecule has 7 nitrogen and oxygen atoms in total. The summed E-state index contributed by atoms with van der Waals surface area (Å²) < 4.78 is 10.5. The molecule has 0 saturated heterocycles. The van der Waals surface area contributed by atoms with E-state index in [1.807, 2.05) is 42.5 Å². The quantitative estimate of drug-likeness (QED) is 0.605. The van der Waals surface area contributed by atoms with Gasteiger partial charge in [0.1, 0.15) is 0 Å². The van der Waals surface area contributed by atoms with Gasteiger partial charge in [-0.15, -0.1) is 0 Å². The summed E-state index contributed by atoms with van der Waals surface area (Å²) in [5.74, 6) is -0.404. The first-order valence-electron chi connectivity index (χ1n) is 8.61. The number of amides is 2. The number of carbonyl (C=O) groups excluding carboxylic acids is 2. The molecule has 0 spiro atoms. The molecule has 1 aliphatic rings. The zero-order chi connectivity index (χ0) is 19.3. The smallest absolute Gasteiger partial charge is 0.314 e. The van der Waals surface area contributed by atoms with Crippen molar-refractivity contribution in [3.8, 4) is 11.5 Å². The SMILES string of the molecule is O=C(Nc1ccc(Nc2ccccc2)cc1)C(=O)Nc1ccc2c(c1)OCO2. The summed E-state index contributed by atoms with van der Waals surface area (Å²) in [6.45, 7) is 0.141. The van der Waals surface area contributed by atoms with Crippen LogP contribution in [0.15, 0.2) is 72.8 Å². The Morgan fingerprint density at radius 3 is 1.96 bits per heavy atom. The van der Waals surface area contributed by atoms with Crippen LogP contribution < -0.4 is 25.4 Å². The standard InChI is InChI=1S/C21H17N3O4/c25-20(21(26)24-17-10-11-18-19(12-17)28-13-27-18)23-16-8-6-15(7-9-16)22-14-4-2-1-3-5-14/h1-12,22H,13H2,(H,23,25)(H,24,26). The van der Waals surface area contributed by atoms with E-state index >= 15 is 0 Å². The van der Waals surface area contributed by atoms with Crippen molar-refractivity contribution < 1.29 is 19.1 Å². The van der Waals surface area contributed by atoms with Gasteiger partial charge in [0.05, 0.1) is 0 Å². The van der Waals surface area contributed by atoms with Crippen molar-refractivity contribution in [2.75, 3.05) is 22.7 Å². The second-order valence-electron chi connectivity index (χ2n) is 6.04. The first kappa shape index (κ1) is 17.4. The van der Waals surface area contributed by atoms with Crippen LogP contribution in [0, 0.1) is 0 Å². The number of fused-ring (bicyclic) bond motifs is 1. The molecule has 0 radical (unpaired) electrons. The number of ether oxygens (including phenoxy) is 2. The summed E-state index contributed by atoms with van der Waals surface area (Å²) in [5, 5.41) is 8.35. The van der Waals surface area contributed by atoms with Gasteiger partial charge >= 0.3 is 11.8 Å². The zero-order valence-electron chi connectivity index (χ0n) is 14.8. The zero-order valence-corrected chi connectivity index (χ0v) is 14.8. The van der Waals surface area contributed by atoms with Gasteiger partial charge < -0.3 is 25.4 Å². The van der Waals surface area contributed by atoms with Crippen molar-refractivity contribution in [2.45, 2.75) is 0 Å². The number of anilines is 4. The van der Waals surface area contributed by atoms with Crippen LogP contribution in [-0.2, 0) is 9.59 Å². The molecule has 3 aromatic carbocycles. The van der Waals surface area contributed by atoms with Crippen LogP contribution in [0.2, 0.25) is 0 Å². The van der Waals surface area contributed by atoms with Crippen molar-refractivity contribution in [1.29, 1.82) is 0 Å². The highest BCUT2D eigenvalue weighted by molar-refractivity contribution is 6.43. The Labute approximate surface area is 161 Å². The van der Waals surface area contributed by atoms with Crippen LogP contribution in [0.5, 0.6) is 11.5 Å². The lowest BCUT2D eigenvalue weighted by Crippen LogP contribution is -2.29. The molecule has 0 aromatic heterocycles. The number of hydrogen-bond donors (Lipinski definition) is 3. The van der Waals surface area contributed by atoms with Gasteiger partial charge in [-0.05, 0) is 48.5 Å². The lowest BCUT2D eigenvalue weighted by atomic mass is 10.2. The van der Waals surface area contributed by atoms with Crippen molar-refractivity contribution >= 4 is 34.6 Å². The van der Waals surface area contributed by atoms with E-state index in [9.17, 15) is 9.59 Å². The van der Waals surface area contributed by atoms with Gasteiger partial charge in [-0.25, -0.2) is 0 Å². The molecule has 7 heteroatoms. The fourth-order valence-corrected chi connectivity index (χ4v) is 2.68. The third-order valence-corrected chi connectivity index (χ3v) is 4.04. The molecule has 0 atom stereocenters. The molecular formula is C21H17N3O4. The van der Waals surface area contributed by atoms with Gasteiger partial charge in [-0.3, -0.25) is 9.59 Å². The van der Waals surface area contributed by atoms with Gasteiger partial charge in [0.25, 0.3) is 0 Å². The fraction of sp³-hybridized carbons (Fsp3) is 0.0476. The topological polar surface area (TPSA) is 88.7 Å². The Hall–Kier alpha value is -4.00. The summed E-state index contributed by atoms with van der Waals surface area (Å²) in [7, 11) is 0. The third kappa shape index (κ3) is 4.04. The maximum absolute atomic E-state index is 12.1. The molecule has 28 heavy (non-hydrogen) atoms. The maximum atomic E-state index is 12.1. The van der Waals surface area contributed by atoms with Crippen molar-refractivity contribution in [3.05, 3.63) is 72.8 Å². The molecule has 0 fully saturated rings. The summed E-state index contributed by atoms with van der Waals surface area (Å²) >= 11 is 0. The first-order valence-corrected chi connectivity index (χ1v) is 8.61. The highest BCUT2D eigenvalue weighted by atomic mass is 16.7. The van der Waals surface area contributed by atoms with Crippen LogP contribution in [-0.4, -0.2) is 18.6 Å². The molecule has 0 saturated carbocycles. The maximum Gasteiger partial charge on any atom is 0.314 e. The highest BCUT2D eigenvalue weighted by Crippen LogP contribution is 2.34. The van der Waals surface area contributed by atoms with E-state index in [-0.39, 0.29) is 6.79 Å². The summed E-state index contributed by atoms with van der Waals surface area (Å²) in [6, 6.07) is 21.7. The minimum absolute atomic E-state index is 0.141. The molecule has 3 N–H and O–H groups in total. The minimum Gasteiger partial charge on any atom is -0.454 e. The van der Waals surface area contributed by atoms with Crippen LogP contribution in [0.1, 0.15) is 0 Å². The van der Waals surface area contributed by atoms with E-state index in [4.69, 9.17) is 9.47 Å². The van der Waals surface area contributed by atoms with Crippen molar-refractivity contribution in [3.63, 3.8) is 0 Å². The number of para-hydroxylation sites is 1. The highest BCUT2D eigenvalue weighted by Gasteiger charge is 2.17. The van der Waals surface area contributed by atoms with Crippen molar-refractivity contribution in [1.82, 2.24) is 0 Å². The lowest BCUT2D eigenvalue weighted by molar-refractivity contribution is -0.132. The van der Waals surface area contributed by atoms with Crippen LogP contribution in [0.3, 0.4) is 0 Å². The van der Waals surface area contributed by atoms with Crippen molar-refractivity contribution in [2.24, 2.45) is 0 Å². The molecule has 2 amide bonds. The minimum atomic E-state index is -0.773. The number of hydrogen-bond acceptors (Lipinski definition) is 5. The second kappa shape index (κ2) is 7.71. The molecule has 140 valence electrons.